The monoisotopic (exact) mass is 266 g/mol. The minimum absolute atomic E-state index is 0.613. The molecule has 90 valence electrons. The number of halogens is 2. The Balaban J connectivity index is 0.000000171. The first-order chi connectivity index (χ1) is 7.99. The lowest BCUT2D eigenvalue weighted by molar-refractivity contribution is 1.39. The number of aryl methyl sites for hydroxylation is 3. The molecule has 0 bridgehead atoms. The standard InChI is InChI=1S/C8H10.C7H6Cl2/c1-7-4-3-5-8(2)6-7;1-5-2-3-6(8)7(9)4-5/h3-6H,1-2H3;2-4H,1H3. The quantitative estimate of drug-likeness (QED) is 0.582. The first-order valence-corrected chi connectivity index (χ1v) is 6.19. The number of rotatable bonds is 0. The van der Waals surface area contributed by atoms with Crippen molar-refractivity contribution in [2.24, 2.45) is 0 Å². The van der Waals surface area contributed by atoms with Crippen molar-refractivity contribution in [1.82, 2.24) is 0 Å². The summed E-state index contributed by atoms with van der Waals surface area (Å²) >= 11 is 11.3. The maximum Gasteiger partial charge on any atom is 0.0594 e. The van der Waals surface area contributed by atoms with E-state index in [0.29, 0.717) is 10.0 Å². The van der Waals surface area contributed by atoms with E-state index in [4.69, 9.17) is 23.2 Å². The number of benzene rings is 2. The summed E-state index contributed by atoms with van der Waals surface area (Å²) < 4.78 is 0. The lowest BCUT2D eigenvalue weighted by Gasteiger charge is -1.94. The van der Waals surface area contributed by atoms with Gasteiger partial charge in [0.1, 0.15) is 0 Å². The van der Waals surface area contributed by atoms with Crippen LogP contribution in [0, 0.1) is 20.8 Å². The maximum atomic E-state index is 5.68. The molecule has 2 aromatic rings. The predicted molar refractivity (Wildman–Crippen MR) is 77.1 cm³/mol. The average Bonchev–Trinajstić information content (AvgIpc) is 2.24. The molecular weight excluding hydrogens is 251 g/mol. The summed E-state index contributed by atoms with van der Waals surface area (Å²) in [5.41, 5.74) is 3.81. The Labute approximate surface area is 113 Å². The van der Waals surface area contributed by atoms with Crippen molar-refractivity contribution in [3.8, 4) is 0 Å². The molecule has 17 heavy (non-hydrogen) atoms. The summed E-state index contributed by atoms with van der Waals surface area (Å²) in [5.74, 6) is 0. The van der Waals surface area contributed by atoms with Crippen LogP contribution >= 0.6 is 23.2 Å². The van der Waals surface area contributed by atoms with Gasteiger partial charge in [-0.05, 0) is 38.5 Å². The summed E-state index contributed by atoms with van der Waals surface area (Å²) in [7, 11) is 0. The van der Waals surface area contributed by atoms with Gasteiger partial charge < -0.3 is 0 Å². The zero-order valence-corrected chi connectivity index (χ0v) is 11.8. The first kappa shape index (κ1) is 14.1. The molecule has 0 spiro atoms. The molecule has 2 rings (SSSR count). The Kier molecular flexibility index (Phi) is 5.54. The van der Waals surface area contributed by atoms with Gasteiger partial charge in [-0.25, -0.2) is 0 Å². The van der Waals surface area contributed by atoms with Gasteiger partial charge in [-0.15, -0.1) is 0 Å². The van der Waals surface area contributed by atoms with Crippen LogP contribution in [0.25, 0.3) is 0 Å². The van der Waals surface area contributed by atoms with Crippen LogP contribution in [0.2, 0.25) is 10.0 Å². The molecule has 0 unspecified atom stereocenters. The molecular formula is C15H16Cl2. The molecule has 0 aliphatic carbocycles. The zero-order chi connectivity index (χ0) is 12.8. The topological polar surface area (TPSA) is 0 Å². The molecule has 0 atom stereocenters. The summed E-state index contributed by atoms with van der Waals surface area (Å²) in [6, 6.07) is 14.0. The second-order valence-electron chi connectivity index (χ2n) is 4.08. The van der Waals surface area contributed by atoms with Crippen LogP contribution < -0.4 is 0 Å². The lowest BCUT2D eigenvalue weighted by Crippen LogP contribution is -1.71. The van der Waals surface area contributed by atoms with E-state index in [1.54, 1.807) is 6.07 Å². The SMILES string of the molecule is Cc1ccc(Cl)c(Cl)c1.Cc1cccc(C)c1. The molecule has 0 aliphatic heterocycles. The highest BCUT2D eigenvalue weighted by Crippen LogP contribution is 2.21. The van der Waals surface area contributed by atoms with Crippen molar-refractivity contribution in [2.75, 3.05) is 0 Å². The van der Waals surface area contributed by atoms with Crippen LogP contribution in [0.15, 0.2) is 42.5 Å². The van der Waals surface area contributed by atoms with Crippen LogP contribution in [0.5, 0.6) is 0 Å². The molecule has 0 amide bonds. The highest BCUT2D eigenvalue weighted by atomic mass is 35.5. The average molecular weight is 267 g/mol. The van der Waals surface area contributed by atoms with Gasteiger partial charge in [-0.3, -0.25) is 0 Å². The lowest BCUT2D eigenvalue weighted by atomic mass is 10.2. The van der Waals surface area contributed by atoms with Gasteiger partial charge in [0.25, 0.3) is 0 Å². The van der Waals surface area contributed by atoms with Gasteiger partial charge in [-0.2, -0.15) is 0 Å². The third-order valence-corrected chi connectivity index (χ3v) is 2.99. The molecule has 2 aromatic carbocycles. The first-order valence-electron chi connectivity index (χ1n) is 5.44. The van der Waals surface area contributed by atoms with Gasteiger partial charge in [0, 0.05) is 0 Å². The molecule has 0 saturated carbocycles. The fourth-order valence-electron chi connectivity index (χ4n) is 1.41. The Morgan fingerprint density at radius 2 is 1.18 bits per heavy atom. The van der Waals surface area contributed by atoms with Crippen LogP contribution in [0.4, 0.5) is 0 Å². The molecule has 0 heterocycles. The van der Waals surface area contributed by atoms with Gasteiger partial charge in [0.15, 0.2) is 0 Å². The zero-order valence-electron chi connectivity index (χ0n) is 10.3. The van der Waals surface area contributed by atoms with Crippen molar-refractivity contribution in [2.45, 2.75) is 20.8 Å². The third kappa shape index (κ3) is 5.25. The molecule has 0 saturated heterocycles. The molecule has 0 radical (unpaired) electrons. The number of hydrogen-bond donors (Lipinski definition) is 0. The van der Waals surface area contributed by atoms with Crippen molar-refractivity contribution >= 4 is 23.2 Å². The molecule has 0 N–H and O–H groups in total. The van der Waals surface area contributed by atoms with E-state index >= 15 is 0 Å². The van der Waals surface area contributed by atoms with Gasteiger partial charge in [0.05, 0.1) is 10.0 Å². The largest absolute Gasteiger partial charge is 0.0827 e. The Bertz CT molecular complexity index is 473. The van der Waals surface area contributed by atoms with E-state index in [0.717, 1.165) is 5.56 Å². The third-order valence-electron chi connectivity index (χ3n) is 2.25. The minimum atomic E-state index is 0.613. The Morgan fingerprint density at radius 1 is 0.647 bits per heavy atom. The fraction of sp³-hybridized carbons (Fsp3) is 0.200. The minimum Gasteiger partial charge on any atom is -0.0827 e. The molecule has 0 fully saturated rings. The smallest absolute Gasteiger partial charge is 0.0594 e. The highest BCUT2D eigenvalue weighted by molar-refractivity contribution is 6.41. The van der Waals surface area contributed by atoms with Crippen LogP contribution in [-0.2, 0) is 0 Å². The summed E-state index contributed by atoms with van der Waals surface area (Å²) in [4.78, 5) is 0. The summed E-state index contributed by atoms with van der Waals surface area (Å²) in [6.07, 6.45) is 0. The van der Waals surface area contributed by atoms with E-state index < -0.39 is 0 Å². The highest BCUT2D eigenvalue weighted by Gasteiger charge is 1.93. The van der Waals surface area contributed by atoms with Crippen LogP contribution in [0.1, 0.15) is 16.7 Å². The molecule has 0 aromatic heterocycles. The van der Waals surface area contributed by atoms with Crippen molar-refractivity contribution in [3.63, 3.8) is 0 Å². The normalized spacial score (nSPS) is 9.47. The molecule has 2 heteroatoms. The second-order valence-corrected chi connectivity index (χ2v) is 4.89. The maximum absolute atomic E-state index is 5.68. The van der Waals surface area contributed by atoms with Gasteiger partial charge in [-0.1, -0.05) is 64.7 Å². The van der Waals surface area contributed by atoms with Crippen molar-refractivity contribution in [1.29, 1.82) is 0 Å². The Hall–Kier alpha value is -0.980. The molecule has 0 nitrogen and oxygen atoms in total. The van der Waals surface area contributed by atoms with E-state index in [-0.39, 0.29) is 0 Å². The van der Waals surface area contributed by atoms with Crippen molar-refractivity contribution < 1.29 is 0 Å². The number of hydrogen-bond acceptors (Lipinski definition) is 0. The predicted octanol–water partition coefficient (Wildman–Crippen LogP) is 5.61. The van der Waals surface area contributed by atoms with Gasteiger partial charge >= 0.3 is 0 Å². The van der Waals surface area contributed by atoms with E-state index in [2.05, 4.69) is 38.1 Å². The van der Waals surface area contributed by atoms with E-state index in [1.807, 2.05) is 19.1 Å². The van der Waals surface area contributed by atoms with Crippen LogP contribution in [-0.4, -0.2) is 0 Å². The van der Waals surface area contributed by atoms with E-state index in [1.165, 1.54) is 11.1 Å². The summed E-state index contributed by atoms with van der Waals surface area (Å²) in [6.45, 7) is 6.18. The Morgan fingerprint density at radius 3 is 1.53 bits per heavy atom. The molecule has 0 aliphatic rings. The fourth-order valence-corrected chi connectivity index (χ4v) is 1.76. The van der Waals surface area contributed by atoms with Crippen LogP contribution in [0.3, 0.4) is 0 Å². The second kappa shape index (κ2) is 6.68. The van der Waals surface area contributed by atoms with Crippen molar-refractivity contribution in [3.05, 3.63) is 69.2 Å². The summed E-state index contributed by atoms with van der Waals surface area (Å²) in [5, 5.41) is 1.24. The van der Waals surface area contributed by atoms with E-state index in [9.17, 15) is 0 Å². The van der Waals surface area contributed by atoms with Gasteiger partial charge in [0.2, 0.25) is 0 Å².